The highest BCUT2D eigenvalue weighted by Gasteiger charge is 2.33. The summed E-state index contributed by atoms with van der Waals surface area (Å²) in [5, 5.41) is 5.12. The van der Waals surface area contributed by atoms with Gasteiger partial charge in [0.25, 0.3) is 0 Å². The van der Waals surface area contributed by atoms with Gasteiger partial charge in [0.1, 0.15) is 5.01 Å². The topological polar surface area (TPSA) is 85.4 Å². The third-order valence-electron chi connectivity index (χ3n) is 4.49. The van der Waals surface area contributed by atoms with Gasteiger partial charge in [-0.25, -0.2) is 4.98 Å². The number of carbonyl (C=O) groups is 3. The fraction of sp³-hybridized carbons (Fsp3) is 0.368. The minimum atomic E-state index is -1.02. The highest BCUT2D eigenvalue weighted by molar-refractivity contribution is 7.10. The van der Waals surface area contributed by atoms with Crippen LogP contribution in [-0.2, 0) is 25.5 Å². The van der Waals surface area contributed by atoms with Gasteiger partial charge in [0.05, 0.1) is 7.11 Å². The Kier molecular flexibility index (Phi) is 5.46. The van der Waals surface area contributed by atoms with Crippen LogP contribution in [0.2, 0.25) is 0 Å². The number of ketones is 1. The number of amides is 1. The van der Waals surface area contributed by atoms with Gasteiger partial charge in [-0.15, -0.1) is 11.3 Å². The van der Waals surface area contributed by atoms with Gasteiger partial charge >= 0.3 is 5.97 Å². The zero-order valence-electron chi connectivity index (χ0n) is 14.7. The normalized spacial score (nSPS) is 17.2. The Bertz CT molecular complexity index is 846. The number of Topliss-reactive ketones (excluding diaryl/α,β-unsaturated/α-hetero) is 1. The largest absolute Gasteiger partial charge is 0.468 e. The lowest BCUT2D eigenvalue weighted by molar-refractivity contribution is -0.145. The number of carbonyl (C=O) groups excluding carboxylic acids is 3. The standard InChI is InChI=1S/C19H20N2O4S/c1-11-10-26-18(20-11)16(19(24)25-2)15(22)8-7-13-9-12-5-3-4-6-14(12)21-17(13)23/h3-6,10,13,16H,7-9H2,1-2H3,(H,21,23)/t13-,16-/m1/s1. The van der Waals surface area contributed by atoms with Crippen molar-refractivity contribution in [1.29, 1.82) is 0 Å². The molecule has 0 spiro atoms. The molecule has 1 aliphatic rings. The number of methoxy groups -OCH3 is 1. The number of hydrogen-bond donors (Lipinski definition) is 1. The van der Waals surface area contributed by atoms with Gasteiger partial charge in [0.15, 0.2) is 11.7 Å². The minimum Gasteiger partial charge on any atom is -0.468 e. The Morgan fingerprint density at radius 2 is 2.15 bits per heavy atom. The second kappa shape index (κ2) is 7.78. The molecule has 0 unspecified atom stereocenters. The predicted molar refractivity (Wildman–Crippen MR) is 98.1 cm³/mol. The molecule has 1 N–H and O–H groups in total. The number of thiazole rings is 1. The van der Waals surface area contributed by atoms with Crippen molar-refractivity contribution in [2.24, 2.45) is 5.92 Å². The van der Waals surface area contributed by atoms with Gasteiger partial charge in [0.2, 0.25) is 5.91 Å². The summed E-state index contributed by atoms with van der Waals surface area (Å²) >= 11 is 1.27. The molecule has 1 amide bonds. The second-order valence-electron chi connectivity index (χ2n) is 6.34. The van der Waals surface area contributed by atoms with E-state index in [9.17, 15) is 14.4 Å². The van der Waals surface area contributed by atoms with Crippen LogP contribution in [0, 0.1) is 12.8 Å². The molecule has 0 saturated carbocycles. The number of nitrogens with zero attached hydrogens (tertiary/aromatic N) is 1. The van der Waals surface area contributed by atoms with Crippen LogP contribution >= 0.6 is 11.3 Å². The van der Waals surface area contributed by atoms with E-state index in [2.05, 4.69) is 10.3 Å². The first-order valence-electron chi connectivity index (χ1n) is 8.41. The summed E-state index contributed by atoms with van der Waals surface area (Å²) in [6, 6.07) is 7.64. The summed E-state index contributed by atoms with van der Waals surface area (Å²) in [6.45, 7) is 1.81. The number of nitrogens with one attached hydrogen (secondary N) is 1. The van der Waals surface area contributed by atoms with Crippen LogP contribution in [0.5, 0.6) is 0 Å². The zero-order valence-corrected chi connectivity index (χ0v) is 15.5. The fourth-order valence-corrected chi connectivity index (χ4v) is 4.00. The predicted octanol–water partition coefficient (Wildman–Crippen LogP) is 2.87. The number of benzene rings is 1. The molecule has 1 aromatic heterocycles. The maximum Gasteiger partial charge on any atom is 0.323 e. The number of para-hydroxylation sites is 1. The van der Waals surface area contributed by atoms with E-state index in [1.807, 2.05) is 31.2 Å². The van der Waals surface area contributed by atoms with Crippen LogP contribution in [0.4, 0.5) is 5.69 Å². The van der Waals surface area contributed by atoms with E-state index in [-0.39, 0.29) is 24.0 Å². The molecule has 2 atom stereocenters. The van der Waals surface area contributed by atoms with E-state index in [1.165, 1.54) is 18.4 Å². The zero-order chi connectivity index (χ0) is 18.7. The van der Waals surface area contributed by atoms with Crippen LogP contribution in [-0.4, -0.2) is 29.8 Å². The van der Waals surface area contributed by atoms with Crippen LogP contribution in [0.25, 0.3) is 0 Å². The summed E-state index contributed by atoms with van der Waals surface area (Å²) < 4.78 is 4.78. The van der Waals surface area contributed by atoms with Crippen molar-refractivity contribution in [3.05, 3.63) is 45.9 Å². The number of fused-ring (bicyclic) bond motifs is 1. The molecule has 6 nitrogen and oxygen atoms in total. The molecule has 0 radical (unpaired) electrons. The lowest BCUT2D eigenvalue weighted by Gasteiger charge is -2.24. The summed E-state index contributed by atoms with van der Waals surface area (Å²) in [7, 11) is 1.26. The van der Waals surface area contributed by atoms with Gasteiger partial charge < -0.3 is 10.1 Å². The SMILES string of the molecule is COC(=O)[C@H](C(=O)CC[C@@H]1Cc2ccccc2NC1=O)c1nc(C)cs1. The molecular weight excluding hydrogens is 352 g/mol. The molecular formula is C19H20N2O4S. The Morgan fingerprint density at radius 1 is 1.38 bits per heavy atom. The molecule has 3 rings (SSSR count). The molecule has 0 aliphatic carbocycles. The van der Waals surface area contributed by atoms with Gasteiger partial charge in [-0.2, -0.15) is 0 Å². The molecule has 0 saturated heterocycles. The molecule has 26 heavy (non-hydrogen) atoms. The Hall–Kier alpha value is -2.54. The summed E-state index contributed by atoms with van der Waals surface area (Å²) in [6.07, 6.45) is 1.10. The Balaban J connectivity index is 1.69. The van der Waals surface area contributed by atoms with Gasteiger partial charge in [-0.05, 0) is 31.4 Å². The summed E-state index contributed by atoms with van der Waals surface area (Å²) in [5.74, 6) is -2.26. The molecule has 1 aliphatic heterocycles. The highest BCUT2D eigenvalue weighted by Crippen LogP contribution is 2.29. The van der Waals surface area contributed by atoms with E-state index in [0.29, 0.717) is 17.8 Å². The van der Waals surface area contributed by atoms with Crippen LogP contribution in [0.15, 0.2) is 29.6 Å². The van der Waals surface area contributed by atoms with E-state index in [0.717, 1.165) is 16.9 Å². The number of rotatable bonds is 6. The minimum absolute atomic E-state index is 0.0868. The number of aromatic nitrogens is 1. The first-order valence-corrected chi connectivity index (χ1v) is 9.29. The van der Waals surface area contributed by atoms with Gasteiger partial charge in [0, 0.05) is 29.1 Å². The molecule has 2 heterocycles. The maximum atomic E-state index is 12.7. The number of anilines is 1. The van der Waals surface area contributed by atoms with Crippen LogP contribution in [0.1, 0.15) is 35.0 Å². The Labute approximate surface area is 155 Å². The molecule has 0 bridgehead atoms. The molecule has 2 aromatic rings. The highest BCUT2D eigenvalue weighted by atomic mass is 32.1. The average molecular weight is 372 g/mol. The number of esters is 1. The quantitative estimate of drug-likeness (QED) is 0.622. The van der Waals surface area contributed by atoms with Crippen LogP contribution < -0.4 is 5.32 Å². The van der Waals surface area contributed by atoms with Crippen molar-refractivity contribution in [3.63, 3.8) is 0 Å². The summed E-state index contributed by atoms with van der Waals surface area (Å²) in [5.41, 5.74) is 2.64. The number of aryl methyl sites for hydroxylation is 1. The average Bonchev–Trinajstić information content (AvgIpc) is 3.05. The lowest BCUT2D eigenvalue weighted by Crippen LogP contribution is -2.31. The molecule has 136 valence electrons. The number of hydrogen-bond acceptors (Lipinski definition) is 6. The van der Waals surface area contributed by atoms with E-state index >= 15 is 0 Å². The second-order valence-corrected chi connectivity index (χ2v) is 7.23. The molecule has 7 heteroatoms. The fourth-order valence-electron chi connectivity index (χ4n) is 3.10. The van der Waals surface area contributed by atoms with Crippen LogP contribution in [0.3, 0.4) is 0 Å². The first kappa shape index (κ1) is 18.3. The monoisotopic (exact) mass is 372 g/mol. The molecule has 1 aromatic carbocycles. The Morgan fingerprint density at radius 3 is 2.85 bits per heavy atom. The first-order chi connectivity index (χ1) is 12.5. The third kappa shape index (κ3) is 3.83. The maximum absolute atomic E-state index is 12.7. The van der Waals surface area contributed by atoms with Crippen molar-refractivity contribution in [2.75, 3.05) is 12.4 Å². The number of ether oxygens (including phenoxy) is 1. The van der Waals surface area contributed by atoms with Crippen molar-refractivity contribution < 1.29 is 19.1 Å². The lowest BCUT2D eigenvalue weighted by atomic mass is 9.87. The van der Waals surface area contributed by atoms with Gasteiger partial charge in [-0.1, -0.05) is 18.2 Å². The van der Waals surface area contributed by atoms with Crippen molar-refractivity contribution in [3.8, 4) is 0 Å². The van der Waals surface area contributed by atoms with E-state index < -0.39 is 11.9 Å². The van der Waals surface area contributed by atoms with E-state index in [1.54, 1.807) is 5.38 Å². The molecule has 0 fully saturated rings. The van der Waals surface area contributed by atoms with Crippen molar-refractivity contribution in [1.82, 2.24) is 4.98 Å². The third-order valence-corrected chi connectivity index (χ3v) is 5.52. The smallest absolute Gasteiger partial charge is 0.323 e. The summed E-state index contributed by atoms with van der Waals surface area (Å²) in [4.78, 5) is 41.3. The van der Waals surface area contributed by atoms with Gasteiger partial charge in [-0.3, -0.25) is 14.4 Å². The van der Waals surface area contributed by atoms with E-state index in [4.69, 9.17) is 4.74 Å². The van der Waals surface area contributed by atoms with Crippen molar-refractivity contribution in [2.45, 2.75) is 32.1 Å². The van der Waals surface area contributed by atoms with Crippen molar-refractivity contribution >= 4 is 34.7 Å².